The Morgan fingerprint density at radius 2 is 1.96 bits per heavy atom. The highest BCUT2D eigenvalue weighted by molar-refractivity contribution is 5.94. The molecule has 1 aliphatic carbocycles. The number of rotatable bonds is 3. The van der Waals surface area contributed by atoms with E-state index in [0.717, 1.165) is 50.1 Å². The lowest BCUT2D eigenvalue weighted by atomic mass is 9.96. The maximum Gasteiger partial charge on any atom is 0.276 e. The summed E-state index contributed by atoms with van der Waals surface area (Å²) in [5.41, 5.74) is 0.699. The standard InChI is InChI=1S/C17H25N3O3/c21-16(15-13-5-1-2-6-14(13)23-18-15)20-10-7-17(22,12-20)11-19-8-3-4-9-19/h22H,1-12H2/t17-/m0/s1. The van der Waals surface area contributed by atoms with Gasteiger partial charge in [0.25, 0.3) is 5.91 Å². The van der Waals surface area contributed by atoms with Gasteiger partial charge in [-0.2, -0.15) is 0 Å². The molecule has 1 aromatic heterocycles. The van der Waals surface area contributed by atoms with Crippen LogP contribution in [-0.2, 0) is 12.8 Å². The average molecular weight is 319 g/mol. The van der Waals surface area contributed by atoms with Gasteiger partial charge in [0.2, 0.25) is 0 Å². The van der Waals surface area contributed by atoms with Crippen molar-refractivity contribution in [2.75, 3.05) is 32.7 Å². The Bertz CT molecular complexity index is 594. The van der Waals surface area contributed by atoms with Gasteiger partial charge in [-0.15, -0.1) is 0 Å². The van der Waals surface area contributed by atoms with Crippen LogP contribution >= 0.6 is 0 Å². The van der Waals surface area contributed by atoms with Crippen LogP contribution < -0.4 is 0 Å². The molecule has 0 radical (unpaired) electrons. The summed E-state index contributed by atoms with van der Waals surface area (Å²) in [6.45, 7) is 3.81. The van der Waals surface area contributed by atoms with Crippen LogP contribution in [0.3, 0.4) is 0 Å². The van der Waals surface area contributed by atoms with Gasteiger partial charge < -0.3 is 19.4 Å². The Hall–Kier alpha value is -1.40. The van der Waals surface area contributed by atoms with Gasteiger partial charge in [0.05, 0.1) is 12.1 Å². The second-order valence-electron chi connectivity index (χ2n) is 7.32. The zero-order chi connectivity index (χ0) is 15.9. The summed E-state index contributed by atoms with van der Waals surface area (Å²) >= 11 is 0. The first-order valence-corrected chi connectivity index (χ1v) is 8.86. The lowest BCUT2D eigenvalue weighted by molar-refractivity contribution is 0.0174. The van der Waals surface area contributed by atoms with Crippen LogP contribution in [0.2, 0.25) is 0 Å². The van der Waals surface area contributed by atoms with E-state index in [4.69, 9.17) is 4.52 Å². The minimum atomic E-state index is -0.774. The van der Waals surface area contributed by atoms with Gasteiger partial charge in [0.1, 0.15) is 5.76 Å². The van der Waals surface area contributed by atoms with Gasteiger partial charge in [-0.05, 0) is 51.6 Å². The van der Waals surface area contributed by atoms with Crippen molar-refractivity contribution in [1.82, 2.24) is 15.0 Å². The number of amides is 1. The molecule has 0 bridgehead atoms. The summed E-state index contributed by atoms with van der Waals surface area (Å²) < 4.78 is 5.36. The van der Waals surface area contributed by atoms with E-state index in [0.29, 0.717) is 31.7 Å². The van der Waals surface area contributed by atoms with Gasteiger partial charge in [0, 0.05) is 25.1 Å². The van der Waals surface area contributed by atoms with E-state index < -0.39 is 5.60 Å². The molecule has 0 aromatic carbocycles. The van der Waals surface area contributed by atoms with Gasteiger partial charge in [-0.1, -0.05) is 5.16 Å². The van der Waals surface area contributed by atoms with E-state index in [1.54, 1.807) is 4.90 Å². The zero-order valence-corrected chi connectivity index (χ0v) is 13.6. The molecule has 2 aliphatic heterocycles. The fraction of sp³-hybridized carbons (Fsp3) is 0.765. The van der Waals surface area contributed by atoms with Crippen molar-refractivity contribution in [3.8, 4) is 0 Å². The molecule has 1 amide bonds. The normalized spacial score (nSPS) is 28.3. The summed E-state index contributed by atoms with van der Waals surface area (Å²) in [4.78, 5) is 16.8. The number of aliphatic hydroxyl groups is 1. The summed E-state index contributed by atoms with van der Waals surface area (Å²) in [5.74, 6) is 0.806. The van der Waals surface area contributed by atoms with Crippen molar-refractivity contribution in [2.45, 2.75) is 50.5 Å². The van der Waals surface area contributed by atoms with E-state index in [1.807, 2.05) is 0 Å². The van der Waals surface area contributed by atoms with Crippen LogP contribution in [-0.4, -0.2) is 64.3 Å². The van der Waals surface area contributed by atoms with E-state index >= 15 is 0 Å². The zero-order valence-electron chi connectivity index (χ0n) is 13.6. The third-order valence-corrected chi connectivity index (χ3v) is 5.49. The van der Waals surface area contributed by atoms with E-state index in [1.165, 1.54) is 12.8 Å². The molecule has 4 rings (SSSR count). The van der Waals surface area contributed by atoms with Crippen LogP contribution in [0.25, 0.3) is 0 Å². The molecule has 23 heavy (non-hydrogen) atoms. The van der Waals surface area contributed by atoms with Crippen molar-refractivity contribution < 1.29 is 14.4 Å². The molecule has 0 saturated carbocycles. The second kappa shape index (κ2) is 5.91. The van der Waals surface area contributed by atoms with Crippen LogP contribution in [0, 0.1) is 0 Å². The Balaban J connectivity index is 1.44. The minimum absolute atomic E-state index is 0.0748. The molecule has 3 aliphatic rings. The summed E-state index contributed by atoms with van der Waals surface area (Å²) in [5, 5.41) is 14.9. The number of likely N-dealkylation sites (tertiary alicyclic amines) is 2. The fourth-order valence-electron chi connectivity index (χ4n) is 4.22. The Morgan fingerprint density at radius 1 is 1.17 bits per heavy atom. The second-order valence-corrected chi connectivity index (χ2v) is 7.32. The van der Waals surface area contributed by atoms with Crippen LogP contribution in [0.15, 0.2) is 4.52 Å². The highest BCUT2D eigenvalue weighted by Crippen LogP contribution is 2.29. The largest absolute Gasteiger partial charge is 0.387 e. The lowest BCUT2D eigenvalue weighted by Crippen LogP contribution is -2.45. The molecular formula is C17H25N3O3. The Labute approximate surface area is 136 Å². The van der Waals surface area contributed by atoms with Crippen molar-refractivity contribution >= 4 is 5.91 Å². The first-order valence-electron chi connectivity index (χ1n) is 8.86. The monoisotopic (exact) mass is 319 g/mol. The molecule has 126 valence electrons. The van der Waals surface area contributed by atoms with E-state index in [2.05, 4.69) is 10.1 Å². The molecular weight excluding hydrogens is 294 g/mol. The van der Waals surface area contributed by atoms with Crippen LogP contribution in [0.1, 0.15) is 53.9 Å². The summed E-state index contributed by atoms with van der Waals surface area (Å²) in [6, 6.07) is 0. The number of hydrogen-bond acceptors (Lipinski definition) is 5. The molecule has 2 fully saturated rings. The smallest absolute Gasteiger partial charge is 0.276 e. The van der Waals surface area contributed by atoms with Crippen molar-refractivity contribution in [1.29, 1.82) is 0 Å². The molecule has 2 saturated heterocycles. The third-order valence-electron chi connectivity index (χ3n) is 5.49. The number of carbonyl (C=O) groups excluding carboxylic acids is 1. The van der Waals surface area contributed by atoms with Crippen molar-refractivity contribution in [3.63, 3.8) is 0 Å². The Morgan fingerprint density at radius 3 is 2.78 bits per heavy atom. The van der Waals surface area contributed by atoms with Crippen LogP contribution in [0.4, 0.5) is 0 Å². The summed E-state index contributed by atoms with van der Waals surface area (Å²) in [7, 11) is 0. The molecule has 0 spiro atoms. The number of carbonyl (C=O) groups is 1. The Kier molecular flexibility index (Phi) is 3.89. The molecule has 0 unspecified atom stereocenters. The molecule has 6 nitrogen and oxygen atoms in total. The van der Waals surface area contributed by atoms with Gasteiger partial charge in [0.15, 0.2) is 5.69 Å². The first-order chi connectivity index (χ1) is 11.1. The predicted molar refractivity (Wildman–Crippen MR) is 84.3 cm³/mol. The molecule has 3 heterocycles. The van der Waals surface area contributed by atoms with E-state index in [9.17, 15) is 9.90 Å². The molecule has 1 aromatic rings. The number of hydrogen-bond donors (Lipinski definition) is 1. The predicted octanol–water partition coefficient (Wildman–Crippen LogP) is 1.23. The van der Waals surface area contributed by atoms with Gasteiger partial charge in [-0.3, -0.25) is 4.79 Å². The molecule has 1 N–H and O–H groups in total. The molecule has 1 atom stereocenters. The average Bonchev–Trinajstić information content (AvgIpc) is 3.26. The highest BCUT2D eigenvalue weighted by atomic mass is 16.5. The van der Waals surface area contributed by atoms with Gasteiger partial charge >= 0.3 is 0 Å². The topological polar surface area (TPSA) is 69.8 Å². The number of fused-ring (bicyclic) bond motifs is 1. The number of aryl methyl sites for hydroxylation is 1. The maximum absolute atomic E-state index is 12.8. The summed E-state index contributed by atoms with van der Waals surface area (Å²) in [6.07, 6.45) is 7.03. The van der Waals surface area contributed by atoms with Crippen LogP contribution in [0.5, 0.6) is 0 Å². The lowest BCUT2D eigenvalue weighted by Gasteiger charge is -2.28. The van der Waals surface area contributed by atoms with E-state index in [-0.39, 0.29) is 5.91 Å². The number of nitrogens with zero attached hydrogens (tertiary/aromatic N) is 3. The minimum Gasteiger partial charge on any atom is -0.387 e. The number of β-amino-alcohol motifs (C(OH)–C–C–N with tert-alkyl or cyclic N) is 1. The maximum atomic E-state index is 12.8. The molecule has 6 heteroatoms. The van der Waals surface area contributed by atoms with Gasteiger partial charge in [-0.25, -0.2) is 0 Å². The third kappa shape index (κ3) is 2.90. The number of aromatic nitrogens is 1. The highest BCUT2D eigenvalue weighted by Gasteiger charge is 2.41. The quantitative estimate of drug-likeness (QED) is 0.907. The fourth-order valence-corrected chi connectivity index (χ4v) is 4.22. The SMILES string of the molecule is O=C(c1noc2c1CCCC2)N1CC[C@](O)(CN2CCCC2)C1. The first kappa shape index (κ1) is 15.1. The van der Waals surface area contributed by atoms with Crippen molar-refractivity contribution in [3.05, 3.63) is 17.0 Å². The van der Waals surface area contributed by atoms with Crippen molar-refractivity contribution in [2.24, 2.45) is 0 Å².